The van der Waals surface area contributed by atoms with Crippen LogP contribution in [0, 0.1) is 0 Å². The summed E-state index contributed by atoms with van der Waals surface area (Å²) >= 11 is 0. The van der Waals surface area contributed by atoms with E-state index >= 15 is 0 Å². The average molecular weight is 233 g/mol. The van der Waals surface area contributed by atoms with Gasteiger partial charge in [0.2, 0.25) is 0 Å². The van der Waals surface area contributed by atoms with Gasteiger partial charge in [-0.1, -0.05) is 0 Å². The Bertz CT molecular complexity index is 331. The van der Waals surface area contributed by atoms with Crippen molar-refractivity contribution in [2.45, 2.75) is 44.1 Å². The smallest absolute Gasteiger partial charge is 0.147 e. The second-order valence-electron chi connectivity index (χ2n) is 4.66. The van der Waals surface area contributed by atoms with Crippen LogP contribution in [-0.2, 0) is 14.6 Å². The molecule has 0 saturated heterocycles. The molecule has 2 N–H and O–H groups in total. The zero-order valence-corrected chi connectivity index (χ0v) is 9.98. The number of rotatable bonds is 6. The van der Waals surface area contributed by atoms with Crippen LogP contribution in [0.1, 0.15) is 38.5 Å². The molecule has 15 heavy (non-hydrogen) atoms. The van der Waals surface area contributed by atoms with Crippen molar-refractivity contribution >= 4 is 15.6 Å². The van der Waals surface area contributed by atoms with Crippen molar-refractivity contribution in [3.05, 3.63) is 0 Å². The van der Waals surface area contributed by atoms with Crippen LogP contribution < -0.4 is 5.73 Å². The standard InChI is InChI=1S/C10H19NO3S/c1-15(13,14)7-2-4-9(12)8-10(11)5-3-6-10/h2-8,11H2,1H3. The molecular formula is C10H19NO3S. The van der Waals surface area contributed by atoms with Crippen molar-refractivity contribution in [3.63, 3.8) is 0 Å². The van der Waals surface area contributed by atoms with Crippen LogP contribution in [0.25, 0.3) is 0 Å². The van der Waals surface area contributed by atoms with Crippen LogP contribution in [-0.4, -0.2) is 31.7 Å². The summed E-state index contributed by atoms with van der Waals surface area (Å²) in [5, 5.41) is 0. The summed E-state index contributed by atoms with van der Waals surface area (Å²) in [5.74, 6) is 0.192. The maximum absolute atomic E-state index is 11.5. The third kappa shape index (κ3) is 4.75. The highest BCUT2D eigenvalue weighted by Crippen LogP contribution is 2.32. The summed E-state index contributed by atoms with van der Waals surface area (Å²) in [4.78, 5) is 11.5. The Kier molecular flexibility index (Phi) is 3.89. The van der Waals surface area contributed by atoms with Gasteiger partial charge in [-0.05, 0) is 25.7 Å². The van der Waals surface area contributed by atoms with Crippen LogP contribution in [0.5, 0.6) is 0 Å². The Balaban J connectivity index is 2.19. The highest BCUT2D eigenvalue weighted by atomic mass is 32.2. The minimum absolute atomic E-state index is 0.0936. The normalized spacial score (nSPS) is 19.6. The third-order valence-corrected chi connectivity index (χ3v) is 3.90. The molecule has 0 atom stereocenters. The summed E-state index contributed by atoms with van der Waals surface area (Å²) in [5.41, 5.74) is 5.65. The van der Waals surface area contributed by atoms with E-state index in [4.69, 9.17) is 5.73 Å². The van der Waals surface area contributed by atoms with Crippen LogP contribution in [0.4, 0.5) is 0 Å². The SMILES string of the molecule is CS(=O)(=O)CCCC(=O)CC1(N)CCC1. The number of ketones is 1. The van der Waals surface area contributed by atoms with Gasteiger partial charge in [0.05, 0.1) is 5.75 Å². The first-order chi connectivity index (χ1) is 6.81. The average Bonchev–Trinajstić information content (AvgIpc) is 1.98. The first-order valence-electron chi connectivity index (χ1n) is 5.29. The van der Waals surface area contributed by atoms with Crippen molar-refractivity contribution in [2.75, 3.05) is 12.0 Å². The van der Waals surface area contributed by atoms with E-state index in [0.29, 0.717) is 19.3 Å². The maximum atomic E-state index is 11.5. The molecule has 5 heteroatoms. The summed E-state index contributed by atoms with van der Waals surface area (Å²) in [6, 6.07) is 0. The minimum Gasteiger partial charge on any atom is -0.325 e. The zero-order chi connectivity index (χ0) is 11.5. The summed E-state index contributed by atoms with van der Waals surface area (Å²) < 4.78 is 21.7. The van der Waals surface area contributed by atoms with Gasteiger partial charge in [0, 0.05) is 24.6 Å². The molecule has 0 unspecified atom stereocenters. The van der Waals surface area contributed by atoms with Crippen molar-refractivity contribution in [3.8, 4) is 0 Å². The molecule has 0 aromatic rings. The van der Waals surface area contributed by atoms with Gasteiger partial charge in [-0.2, -0.15) is 0 Å². The van der Waals surface area contributed by atoms with E-state index in [1.807, 2.05) is 0 Å². The van der Waals surface area contributed by atoms with E-state index in [0.717, 1.165) is 19.3 Å². The molecule has 0 radical (unpaired) electrons. The van der Waals surface area contributed by atoms with Gasteiger partial charge in [-0.25, -0.2) is 8.42 Å². The molecule has 0 aliphatic heterocycles. The van der Waals surface area contributed by atoms with Crippen molar-refractivity contribution in [1.29, 1.82) is 0 Å². The molecule has 0 aromatic carbocycles. The van der Waals surface area contributed by atoms with E-state index in [9.17, 15) is 13.2 Å². The van der Waals surface area contributed by atoms with E-state index in [1.165, 1.54) is 6.26 Å². The van der Waals surface area contributed by atoms with E-state index in [-0.39, 0.29) is 17.1 Å². The number of Topliss-reactive ketones (excluding diaryl/α,β-unsaturated/α-hetero) is 1. The molecule has 0 aromatic heterocycles. The molecule has 0 heterocycles. The van der Waals surface area contributed by atoms with Crippen LogP contribution in [0.3, 0.4) is 0 Å². The summed E-state index contributed by atoms with van der Waals surface area (Å²) in [7, 11) is -2.94. The molecule has 0 spiro atoms. The maximum Gasteiger partial charge on any atom is 0.147 e. The largest absolute Gasteiger partial charge is 0.325 e. The van der Waals surface area contributed by atoms with Gasteiger partial charge in [-0.15, -0.1) is 0 Å². The van der Waals surface area contributed by atoms with Crippen LogP contribution in [0.2, 0.25) is 0 Å². The van der Waals surface area contributed by atoms with Gasteiger partial charge in [-0.3, -0.25) is 4.79 Å². The van der Waals surface area contributed by atoms with Gasteiger partial charge >= 0.3 is 0 Å². The lowest BCUT2D eigenvalue weighted by atomic mass is 9.74. The molecule has 1 aliphatic rings. The monoisotopic (exact) mass is 233 g/mol. The van der Waals surface area contributed by atoms with E-state index in [1.54, 1.807) is 0 Å². The number of carbonyl (C=O) groups is 1. The zero-order valence-electron chi connectivity index (χ0n) is 9.16. The van der Waals surface area contributed by atoms with Crippen molar-refractivity contribution in [2.24, 2.45) is 5.73 Å². The van der Waals surface area contributed by atoms with Crippen LogP contribution >= 0.6 is 0 Å². The second-order valence-corrected chi connectivity index (χ2v) is 6.92. The van der Waals surface area contributed by atoms with E-state index in [2.05, 4.69) is 0 Å². The van der Waals surface area contributed by atoms with Gasteiger partial charge in [0.15, 0.2) is 0 Å². The highest BCUT2D eigenvalue weighted by Gasteiger charge is 2.34. The quantitative estimate of drug-likeness (QED) is 0.730. The lowest BCUT2D eigenvalue weighted by Crippen LogP contribution is -2.48. The molecule has 1 fully saturated rings. The Morgan fingerprint density at radius 3 is 2.40 bits per heavy atom. The summed E-state index contributed by atoms with van der Waals surface area (Å²) in [6.07, 6.45) is 5.31. The molecule has 88 valence electrons. The third-order valence-electron chi connectivity index (χ3n) is 2.87. The first kappa shape index (κ1) is 12.6. The Hall–Kier alpha value is -0.420. The molecule has 0 bridgehead atoms. The number of nitrogens with two attached hydrogens (primary N) is 1. The topological polar surface area (TPSA) is 77.2 Å². The van der Waals surface area contributed by atoms with Crippen LogP contribution in [0.15, 0.2) is 0 Å². The first-order valence-corrected chi connectivity index (χ1v) is 7.35. The van der Waals surface area contributed by atoms with Gasteiger partial charge < -0.3 is 5.73 Å². The highest BCUT2D eigenvalue weighted by molar-refractivity contribution is 7.90. The summed E-state index contributed by atoms with van der Waals surface area (Å²) in [6.45, 7) is 0. The minimum atomic E-state index is -2.94. The molecule has 1 aliphatic carbocycles. The lowest BCUT2D eigenvalue weighted by Gasteiger charge is -2.37. The number of hydrogen-bond acceptors (Lipinski definition) is 4. The fraction of sp³-hybridized carbons (Fsp3) is 0.900. The fourth-order valence-electron chi connectivity index (χ4n) is 1.82. The van der Waals surface area contributed by atoms with Crippen molar-refractivity contribution in [1.82, 2.24) is 0 Å². The second kappa shape index (κ2) is 4.61. The predicted molar refractivity (Wildman–Crippen MR) is 59.3 cm³/mol. The molecule has 4 nitrogen and oxygen atoms in total. The molecule has 1 rings (SSSR count). The Labute approximate surface area is 91.1 Å². The number of sulfone groups is 1. The molecule has 0 amide bonds. The van der Waals surface area contributed by atoms with Gasteiger partial charge in [0.1, 0.15) is 15.6 Å². The molecular weight excluding hydrogens is 214 g/mol. The number of carbonyl (C=O) groups excluding carboxylic acids is 1. The molecule has 1 saturated carbocycles. The Morgan fingerprint density at radius 2 is 2.00 bits per heavy atom. The Morgan fingerprint density at radius 1 is 1.40 bits per heavy atom. The van der Waals surface area contributed by atoms with Crippen molar-refractivity contribution < 1.29 is 13.2 Å². The lowest BCUT2D eigenvalue weighted by molar-refractivity contribution is -0.120. The predicted octanol–water partition coefficient (Wildman–Crippen LogP) is 0.652. The van der Waals surface area contributed by atoms with Gasteiger partial charge in [0.25, 0.3) is 0 Å². The number of hydrogen-bond donors (Lipinski definition) is 1. The van der Waals surface area contributed by atoms with E-state index < -0.39 is 9.84 Å². The fourth-order valence-corrected chi connectivity index (χ4v) is 2.49.